The van der Waals surface area contributed by atoms with Crippen LogP contribution in [0.4, 0.5) is 5.69 Å². The summed E-state index contributed by atoms with van der Waals surface area (Å²) in [5.41, 5.74) is 1.36. The first kappa shape index (κ1) is 24.8. The Labute approximate surface area is 198 Å². The molecule has 1 amide bonds. The minimum absolute atomic E-state index is 0.0337. The SMILES string of the molecule is Cc1ccc(N=C(SCC(=O)N2[C@H](C)CCC[C@H]2C)c2c(O)n(C)c(=O)n(C)c2=O)cc1C. The molecule has 1 saturated heterocycles. The molecule has 2 heterocycles. The van der Waals surface area contributed by atoms with Gasteiger partial charge in [0.15, 0.2) is 0 Å². The average Bonchev–Trinajstić information content (AvgIpc) is 2.77. The van der Waals surface area contributed by atoms with Crippen molar-refractivity contribution in [1.29, 1.82) is 0 Å². The Bertz CT molecular complexity index is 1200. The number of hydrogen-bond donors (Lipinski definition) is 1. The molecule has 0 bridgehead atoms. The van der Waals surface area contributed by atoms with Crippen LogP contribution in [-0.2, 0) is 18.9 Å². The topological polar surface area (TPSA) is 96.9 Å². The van der Waals surface area contributed by atoms with Crippen LogP contribution in [0.2, 0.25) is 0 Å². The quantitative estimate of drug-likeness (QED) is 0.545. The van der Waals surface area contributed by atoms with Crippen molar-refractivity contribution in [3.05, 3.63) is 55.7 Å². The lowest BCUT2D eigenvalue weighted by molar-refractivity contribution is -0.134. The molecule has 1 aromatic carbocycles. The second-order valence-corrected chi connectivity index (χ2v) is 9.77. The molecule has 8 nitrogen and oxygen atoms in total. The van der Waals surface area contributed by atoms with E-state index in [2.05, 4.69) is 18.8 Å². The predicted molar refractivity (Wildman–Crippen MR) is 133 cm³/mol. The minimum Gasteiger partial charge on any atom is -0.494 e. The molecule has 1 aromatic heterocycles. The standard InChI is InChI=1S/C24H32N4O4S/c1-14-10-11-18(12-15(14)2)25-21(20-22(30)26(5)24(32)27(6)23(20)31)33-13-19(29)28-16(3)8-7-9-17(28)4/h10-12,16-17,30H,7-9,13H2,1-6H3/t16-,17-/m1/s1. The number of piperidine rings is 1. The third kappa shape index (κ3) is 5.08. The summed E-state index contributed by atoms with van der Waals surface area (Å²) in [4.78, 5) is 44.9. The van der Waals surface area contributed by atoms with Gasteiger partial charge in [-0.2, -0.15) is 0 Å². The van der Waals surface area contributed by atoms with Crippen LogP contribution in [0.25, 0.3) is 0 Å². The van der Waals surface area contributed by atoms with Crippen molar-refractivity contribution in [2.75, 3.05) is 5.75 Å². The van der Waals surface area contributed by atoms with Crippen molar-refractivity contribution in [2.45, 2.75) is 59.0 Å². The van der Waals surface area contributed by atoms with Crippen molar-refractivity contribution >= 4 is 28.4 Å². The maximum Gasteiger partial charge on any atom is 0.333 e. The molecule has 178 valence electrons. The number of carbonyl (C=O) groups is 1. The van der Waals surface area contributed by atoms with Gasteiger partial charge in [-0.1, -0.05) is 17.8 Å². The molecule has 0 spiro atoms. The first-order valence-corrected chi connectivity index (χ1v) is 12.1. The van der Waals surface area contributed by atoms with Gasteiger partial charge in [0.05, 0.1) is 11.4 Å². The van der Waals surface area contributed by atoms with E-state index >= 15 is 0 Å². The summed E-state index contributed by atoms with van der Waals surface area (Å²) in [5, 5.41) is 10.9. The molecule has 1 fully saturated rings. The first-order chi connectivity index (χ1) is 15.5. The Balaban J connectivity index is 2.05. The molecule has 3 rings (SSSR count). The van der Waals surface area contributed by atoms with Crippen molar-refractivity contribution in [2.24, 2.45) is 19.1 Å². The van der Waals surface area contributed by atoms with E-state index in [0.29, 0.717) is 5.69 Å². The van der Waals surface area contributed by atoms with Crippen LogP contribution in [0.15, 0.2) is 32.8 Å². The number of benzene rings is 1. The van der Waals surface area contributed by atoms with Gasteiger partial charge in [-0.05, 0) is 70.2 Å². The molecule has 1 aliphatic rings. The number of hydrogen-bond acceptors (Lipinski definition) is 6. The fourth-order valence-corrected chi connectivity index (χ4v) is 5.11. The molecule has 1 aliphatic heterocycles. The van der Waals surface area contributed by atoms with Crippen LogP contribution in [-0.4, -0.2) is 47.9 Å². The normalized spacial score (nSPS) is 19.1. The Morgan fingerprint density at radius 1 is 1.09 bits per heavy atom. The Kier molecular flexibility index (Phi) is 7.51. The van der Waals surface area contributed by atoms with Crippen LogP contribution < -0.4 is 11.2 Å². The van der Waals surface area contributed by atoms with Gasteiger partial charge in [-0.25, -0.2) is 9.79 Å². The third-order valence-electron chi connectivity index (χ3n) is 6.38. The zero-order valence-electron chi connectivity index (χ0n) is 20.1. The van der Waals surface area contributed by atoms with Gasteiger partial charge in [0, 0.05) is 26.2 Å². The average molecular weight is 473 g/mol. The number of aromatic nitrogens is 2. The van der Waals surface area contributed by atoms with Crippen molar-refractivity contribution in [3.8, 4) is 5.88 Å². The van der Waals surface area contributed by atoms with E-state index in [9.17, 15) is 19.5 Å². The third-order valence-corrected chi connectivity index (χ3v) is 7.34. The Hall–Kier alpha value is -2.81. The molecule has 33 heavy (non-hydrogen) atoms. The molecule has 9 heteroatoms. The lowest BCUT2D eigenvalue weighted by Crippen LogP contribution is -2.48. The summed E-state index contributed by atoms with van der Waals surface area (Å²) in [6.07, 6.45) is 3.03. The van der Waals surface area contributed by atoms with E-state index in [1.54, 1.807) is 0 Å². The van der Waals surface area contributed by atoms with Gasteiger partial charge >= 0.3 is 5.69 Å². The minimum atomic E-state index is -0.655. The van der Waals surface area contributed by atoms with Gasteiger partial charge in [0.2, 0.25) is 11.8 Å². The molecule has 1 N–H and O–H groups in total. The largest absolute Gasteiger partial charge is 0.494 e. The monoisotopic (exact) mass is 472 g/mol. The maximum atomic E-state index is 13.1. The van der Waals surface area contributed by atoms with Gasteiger partial charge < -0.3 is 10.0 Å². The number of rotatable bonds is 4. The van der Waals surface area contributed by atoms with E-state index in [1.165, 1.54) is 14.1 Å². The molecule has 0 saturated carbocycles. The van der Waals surface area contributed by atoms with Gasteiger partial charge in [0.25, 0.3) is 5.56 Å². The second kappa shape index (κ2) is 9.99. The summed E-state index contributed by atoms with van der Waals surface area (Å²) >= 11 is 1.11. The van der Waals surface area contributed by atoms with Gasteiger partial charge in [0.1, 0.15) is 10.6 Å². The number of aliphatic imine (C=N–C) groups is 1. The van der Waals surface area contributed by atoms with E-state index in [-0.39, 0.29) is 34.4 Å². The van der Waals surface area contributed by atoms with Crippen LogP contribution in [0, 0.1) is 13.8 Å². The number of likely N-dealkylation sites (tertiary alicyclic amines) is 1. The fourth-order valence-electron chi connectivity index (χ4n) is 4.21. The highest BCUT2D eigenvalue weighted by molar-refractivity contribution is 8.15. The second-order valence-electron chi connectivity index (χ2n) is 8.81. The molecule has 2 aromatic rings. The maximum absolute atomic E-state index is 13.1. The van der Waals surface area contributed by atoms with Crippen LogP contribution in [0.5, 0.6) is 5.88 Å². The Morgan fingerprint density at radius 3 is 2.33 bits per heavy atom. The Morgan fingerprint density at radius 2 is 1.73 bits per heavy atom. The fraction of sp³-hybridized carbons (Fsp3) is 0.500. The first-order valence-electron chi connectivity index (χ1n) is 11.1. The highest BCUT2D eigenvalue weighted by Gasteiger charge is 2.30. The van der Waals surface area contributed by atoms with E-state index in [4.69, 9.17) is 0 Å². The van der Waals surface area contributed by atoms with E-state index < -0.39 is 17.1 Å². The van der Waals surface area contributed by atoms with Gasteiger partial charge in [-0.15, -0.1) is 0 Å². The van der Waals surface area contributed by atoms with E-state index in [0.717, 1.165) is 51.3 Å². The van der Waals surface area contributed by atoms with Crippen LogP contribution >= 0.6 is 11.8 Å². The number of thioether (sulfide) groups is 1. The highest BCUT2D eigenvalue weighted by Crippen LogP contribution is 2.27. The summed E-state index contributed by atoms with van der Waals surface area (Å²) in [7, 11) is 2.75. The van der Waals surface area contributed by atoms with Crippen molar-refractivity contribution < 1.29 is 9.90 Å². The van der Waals surface area contributed by atoms with Gasteiger partial charge in [-0.3, -0.25) is 18.7 Å². The zero-order chi connectivity index (χ0) is 24.4. The lowest BCUT2D eigenvalue weighted by Gasteiger charge is -2.39. The summed E-state index contributed by atoms with van der Waals surface area (Å²) in [6.45, 7) is 8.06. The number of nitrogens with zero attached hydrogens (tertiary/aromatic N) is 4. The van der Waals surface area contributed by atoms with E-state index in [1.807, 2.05) is 36.9 Å². The number of amides is 1. The number of carbonyl (C=O) groups excluding carboxylic acids is 1. The molecule has 2 atom stereocenters. The summed E-state index contributed by atoms with van der Waals surface area (Å²) in [6, 6.07) is 5.94. The summed E-state index contributed by atoms with van der Waals surface area (Å²) < 4.78 is 1.94. The van der Waals surface area contributed by atoms with Crippen molar-refractivity contribution in [1.82, 2.24) is 14.0 Å². The zero-order valence-corrected chi connectivity index (χ0v) is 20.9. The number of aromatic hydroxyl groups is 1. The van der Waals surface area contributed by atoms with Crippen LogP contribution in [0.1, 0.15) is 49.8 Å². The van der Waals surface area contributed by atoms with Crippen LogP contribution in [0.3, 0.4) is 0 Å². The number of aryl methyl sites for hydroxylation is 2. The van der Waals surface area contributed by atoms with Crippen molar-refractivity contribution in [3.63, 3.8) is 0 Å². The molecular weight excluding hydrogens is 440 g/mol. The molecular formula is C24H32N4O4S. The molecule has 0 radical (unpaired) electrons. The lowest BCUT2D eigenvalue weighted by atomic mass is 9.98. The predicted octanol–water partition coefficient (Wildman–Crippen LogP) is 3.01. The molecule has 0 unspecified atom stereocenters. The highest BCUT2D eigenvalue weighted by atomic mass is 32.2. The summed E-state index contributed by atoms with van der Waals surface area (Å²) in [5.74, 6) is -0.428. The smallest absolute Gasteiger partial charge is 0.333 e. The molecule has 0 aliphatic carbocycles.